The van der Waals surface area contributed by atoms with Crippen molar-refractivity contribution >= 4 is 18.9 Å². The fraction of sp³-hybridized carbons (Fsp3) is 0.500. The van der Waals surface area contributed by atoms with Crippen LogP contribution in [-0.4, -0.2) is 24.6 Å². The number of carbonyl (C=O) groups is 1. The van der Waals surface area contributed by atoms with Gasteiger partial charge in [-0.05, 0) is 45.3 Å². The maximum atomic E-state index is 12.8. The Bertz CT molecular complexity index is 551. The summed E-state index contributed by atoms with van der Waals surface area (Å²) in [5.74, 6) is 0. The Morgan fingerprint density at radius 2 is 1.62 bits per heavy atom. The summed E-state index contributed by atoms with van der Waals surface area (Å²) in [6, 6.07) is 2.92. The third kappa shape index (κ3) is 2.85. The van der Waals surface area contributed by atoms with Crippen LogP contribution < -0.4 is 5.46 Å². The lowest BCUT2D eigenvalue weighted by molar-refractivity contribution is -0.137. The first-order valence-corrected chi connectivity index (χ1v) is 6.50. The van der Waals surface area contributed by atoms with Crippen molar-refractivity contribution in [3.63, 3.8) is 0 Å². The molecule has 114 valence electrons. The van der Waals surface area contributed by atoms with Crippen molar-refractivity contribution < 1.29 is 27.3 Å². The summed E-state index contributed by atoms with van der Waals surface area (Å²) >= 11 is 0. The van der Waals surface area contributed by atoms with Crippen LogP contribution in [0.4, 0.5) is 13.2 Å². The molecule has 7 heteroatoms. The lowest BCUT2D eigenvalue weighted by Gasteiger charge is -2.32. The highest BCUT2D eigenvalue weighted by molar-refractivity contribution is 6.63. The third-order valence-electron chi connectivity index (χ3n) is 4.05. The Labute approximate surface area is 121 Å². The number of benzene rings is 1. The van der Waals surface area contributed by atoms with Crippen LogP contribution in [0.1, 0.15) is 43.6 Å². The molecule has 1 aromatic carbocycles. The Morgan fingerprint density at radius 1 is 1.10 bits per heavy atom. The monoisotopic (exact) mass is 300 g/mol. The van der Waals surface area contributed by atoms with Gasteiger partial charge in [-0.1, -0.05) is 6.07 Å². The molecular weight excluding hydrogens is 284 g/mol. The minimum atomic E-state index is -4.49. The topological polar surface area (TPSA) is 35.5 Å². The standard InChI is InChI=1S/C14H16BF3O3/c1-12(2)13(3,4)21-15(20-12)11-7-10(14(16,17)18)6-5-9(11)8-19/h5-8H,1-4H3. The Balaban J connectivity index is 2.47. The van der Waals surface area contributed by atoms with Crippen LogP contribution in [-0.2, 0) is 15.5 Å². The van der Waals surface area contributed by atoms with E-state index in [2.05, 4.69) is 0 Å². The van der Waals surface area contributed by atoms with Gasteiger partial charge in [-0.25, -0.2) is 0 Å². The summed E-state index contributed by atoms with van der Waals surface area (Å²) in [6.07, 6.45) is -3.99. The van der Waals surface area contributed by atoms with Gasteiger partial charge in [-0.15, -0.1) is 0 Å². The number of halogens is 3. The van der Waals surface area contributed by atoms with Crippen molar-refractivity contribution in [3.8, 4) is 0 Å². The summed E-state index contributed by atoms with van der Waals surface area (Å²) in [5, 5.41) is 0. The van der Waals surface area contributed by atoms with Crippen LogP contribution in [0.2, 0.25) is 0 Å². The second kappa shape index (κ2) is 4.85. The average molecular weight is 300 g/mol. The average Bonchev–Trinajstić information content (AvgIpc) is 2.56. The second-order valence-electron chi connectivity index (χ2n) is 6.05. The normalized spacial score (nSPS) is 20.6. The molecule has 1 heterocycles. The smallest absolute Gasteiger partial charge is 0.399 e. The highest BCUT2D eigenvalue weighted by Crippen LogP contribution is 2.37. The van der Waals surface area contributed by atoms with E-state index in [0.29, 0.717) is 6.29 Å². The van der Waals surface area contributed by atoms with E-state index in [1.807, 2.05) is 0 Å². The van der Waals surface area contributed by atoms with E-state index in [1.165, 1.54) is 0 Å². The molecule has 0 bridgehead atoms. The number of hydrogen-bond acceptors (Lipinski definition) is 3. The van der Waals surface area contributed by atoms with E-state index in [4.69, 9.17) is 9.31 Å². The van der Waals surface area contributed by atoms with Crippen molar-refractivity contribution in [1.82, 2.24) is 0 Å². The molecule has 0 unspecified atom stereocenters. The predicted molar refractivity (Wildman–Crippen MR) is 72.5 cm³/mol. The molecule has 0 aliphatic carbocycles. The highest BCUT2D eigenvalue weighted by Gasteiger charge is 2.52. The van der Waals surface area contributed by atoms with Gasteiger partial charge in [0.25, 0.3) is 0 Å². The van der Waals surface area contributed by atoms with Crippen molar-refractivity contribution in [3.05, 3.63) is 29.3 Å². The number of carbonyl (C=O) groups excluding carboxylic acids is 1. The van der Waals surface area contributed by atoms with Gasteiger partial charge in [0.15, 0.2) is 0 Å². The fourth-order valence-corrected chi connectivity index (χ4v) is 2.03. The first kappa shape index (κ1) is 16.0. The van der Waals surface area contributed by atoms with Gasteiger partial charge in [-0.3, -0.25) is 4.79 Å². The van der Waals surface area contributed by atoms with Gasteiger partial charge >= 0.3 is 13.3 Å². The van der Waals surface area contributed by atoms with E-state index in [1.54, 1.807) is 27.7 Å². The molecule has 0 spiro atoms. The summed E-state index contributed by atoms with van der Waals surface area (Å²) in [4.78, 5) is 11.1. The number of hydrogen-bond donors (Lipinski definition) is 0. The molecule has 3 nitrogen and oxygen atoms in total. The van der Waals surface area contributed by atoms with Crippen molar-refractivity contribution in [2.45, 2.75) is 45.1 Å². The lowest BCUT2D eigenvalue weighted by atomic mass is 9.75. The molecule has 0 atom stereocenters. The van der Waals surface area contributed by atoms with Crippen molar-refractivity contribution in [2.24, 2.45) is 0 Å². The van der Waals surface area contributed by atoms with E-state index in [-0.39, 0.29) is 11.0 Å². The first-order chi connectivity index (χ1) is 9.48. The number of alkyl halides is 3. The summed E-state index contributed by atoms with van der Waals surface area (Å²) in [6.45, 7) is 7.17. The number of rotatable bonds is 2. The highest BCUT2D eigenvalue weighted by atomic mass is 19.4. The zero-order valence-corrected chi connectivity index (χ0v) is 12.2. The summed E-state index contributed by atoms with van der Waals surface area (Å²) < 4.78 is 49.9. The molecule has 1 aliphatic heterocycles. The molecule has 0 radical (unpaired) electrons. The largest absolute Gasteiger partial charge is 0.495 e. The predicted octanol–water partition coefficient (Wildman–Crippen LogP) is 2.82. The summed E-state index contributed by atoms with van der Waals surface area (Å²) in [7, 11) is -1.00. The van der Waals surface area contributed by atoms with Gasteiger partial charge in [0.1, 0.15) is 6.29 Å². The van der Waals surface area contributed by atoms with Gasteiger partial charge in [-0.2, -0.15) is 13.2 Å². The molecule has 21 heavy (non-hydrogen) atoms. The maximum absolute atomic E-state index is 12.8. The van der Waals surface area contributed by atoms with Gasteiger partial charge in [0, 0.05) is 5.56 Å². The minimum Gasteiger partial charge on any atom is -0.399 e. The number of aldehydes is 1. The zero-order chi connectivity index (χ0) is 16.1. The quantitative estimate of drug-likeness (QED) is 0.622. The SMILES string of the molecule is CC1(C)OB(c2cc(C(F)(F)F)ccc2C=O)OC1(C)C. The second-order valence-corrected chi connectivity index (χ2v) is 6.05. The Hall–Kier alpha value is -1.34. The third-order valence-corrected chi connectivity index (χ3v) is 4.05. The Kier molecular flexibility index (Phi) is 3.70. The molecule has 0 aromatic heterocycles. The minimum absolute atomic E-state index is 0.0958. The molecule has 2 rings (SSSR count). The molecule has 1 aliphatic rings. The molecule has 1 aromatic rings. The molecule has 0 N–H and O–H groups in total. The van der Waals surface area contributed by atoms with Crippen molar-refractivity contribution in [1.29, 1.82) is 0 Å². The van der Waals surface area contributed by atoms with E-state index >= 15 is 0 Å². The molecule has 1 fully saturated rings. The fourth-order valence-electron chi connectivity index (χ4n) is 2.03. The molecule has 0 amide bonds. The van der Waals surface area contributed by atoms with E-state index in [9.17, 15) is 18.0 Å². The molecule has 0 saturated carbocycles. The van der Waals surface area contributed by atoms with Crippen LogP contribution in [0, 0.1) is 0 Å². The van der Waals surface area contributed by atoms with Crippen LogP contribution in [0.3, 0.4) is 0 Å². The van der Waals surface area contributed by atoms with Crippen LogP contribution >= 0.6 is 0 Å². The van der Waals surface area contributed by atoms with Gasteiger partial charge < -0.3 is 9.31 Å². The van der Waals surface area contributed by atoms with Gasteiger partial charge in [0.2, 0.25) is 0 Å². The maximum Gasteiger partial charge on any atom is 0.495 e. The molecular formula is C14H16BF3O3. The lowest BCUT2D eigenvalue weighted by Crippen LogP contribution is -2.41. The van der Waals surface area contributed by atoms with Crippen LogP contribution in [0.5, 0.6) is 0 Å². The summed E-state index contributed by atoms with van der Waals surface area (Å²) in [5.41, 5.74) is -1.99. The molecule has 1 saturated heterocycles. The van der Waals surface area contributed by atoms with Gasteiger partial charge in [0.05, 0.1) is 16.8 Å². The van der Waals surface area contributed by atoms with E-state index in [0.717, 1.165) is 18.2 Å². The van der Waals surface area contributed by atoms with E-state index < -0.39 is 30.1 Å². The first-order valence-electron chi connectivity index (χ1n) is 6.50. The van der Waals surface area contributed by atoms with Crippen LogP contribution in [0.25, 0.3) is 0 Å². The Morgan fingerprint density at radius 3 is 2.05 bits per heavy atom. The van der Waals surface area contributed by atoms with Crippen molar-refractivity contribution in [2.75, 3.05) is 0 Å². The van der Waals surface area contributed by atoms with Crippen LogP contribution in [0.15, 0.2) is 18.2 Å². The zero-order valence-electron chi connectivity index (χ0n) is 12.2.